The number of nitro groups is 1. The number of amides is 1. The lowest BCUT2D eigenvalue weighted by atomic mass is 10.2. The molecule has 9 heteroatoms. The smallest absolute Gasteiger partial charge is 0.281 e. The highest BCUT2D eigenvalue weighted by Gasteiger charge is 2.16. The largest absolute Gasteiger partial charge is 0.316 e. The molecule has 0 aliphatic rings. The first-order valence-electron chi connectivity index (χ1n) is 8.58. The van der Waals surface area contributed by atoms with E-state index in [1.807, 2.05) is 10.8 Å². The second-order valence-corrected chi connectivity index (χ2v) is 8.42. The summed E-state index contributed by atoms with van der Waals surface area (Å²) in [5.41, 5.74) is 2.07. The molecule has 0 saturated carbocycles. The number of fused-ring (bicyclic) bond motifs is 1. The Morgan fingerprint density at radius 2 is 2.11 bits per heavy atom. The Morgan fingerprint density at radius 1 is 1.32 bits per heavy atom. The van der Waals surface area contributed by atoms with Crippen molar-refractivity contribution >= 4 is 56.5 Å². The highest BCUT2D eigenvalue weighted by molar-refractivity contribution is 7.98. The van der Waals surface area contributed by atoms with Gasteiger partial charge in [0.15, 0.2) is 4.80 Å². The Kier molecular flexibility index (Phi) is 6.53. The summed E-state index contributed by atoms with van der Waals surface area (Å²) in [4.78, 5) is 28.0. The minimum absolute atomic E-state index is 0.0268. The summed E-state index contributed by atoms with van der Waals surface area (Å²) >= 11 is 9.23. The quantitative estimate of drug-likeness (QED) is 0.406. The van der Waals surface area contributed by atoms with Gasteiger partial charge in [0.1, 0.15) is 0 Å². The summed E-state index contributed by atoms with van der Waals surface area (Å²) in [5, 5.41) is 11.2. The molecule has 0 bridgehead atoms. The fourth-order valence-corrected chi connectivity index (χ4v) is 4.44. The minimum Gasteiger partial charge on any atom is -0.316 e. The van der Waals surface area contributed by atoms with Crippen molar-refractivity contribution in [3.63, 3.8) is 0 Å². The highest BCUT2D eigenvalue weighted by Crippen LogP contribution is 2.24. The number of nitrogens with zero attached hydrogens (tertiary/aromatic N) is 3. The van der Waals surface area contributed by atoms with Gasteiger partial charge in [-0.3, -0.25) is 14.9 Å². The Bertz CT molecular complexity index is 1120. The third kappa shape index (κ3) is 4.29. The van der Waals surface area contributed by atoms with Crippen LogP contribution in [0.4, 0.5) is 5.69 Å². The molecule has 1 aromatic heterocycles. The van der Waals surface area contributed by atoms with E-state index < -0.39 is 10.8 Å². The van der Waals surface area contributed by atoms with E-state index in [1.54, 1.807) is 11.8 Å². The van der Waals surface area contributed by atoms with Crippen molar-refractivity contribution in [2.45, 2.75) is 19.9 Å². The van der Waals surface area contributed by atoms with Crippen LogP contribution >= 0.6 is 34.7 Å². The summed E-state index contributed by atoms with van der Waals surface area (Å²) in [7, 11) is 0. The normalized spacial score (nSPS) is 11.9. The third-order valence-corrected chi connectivity index (χ3v) is 6.22. The molecule has 0 saturated heterocycles. The Hall–Kier alpha value is -2.16. The molecule has 0 unspecified atom stereocenters. The monoisotopic (exact) mass is 435 g/mol. The summed E-state index contributed by atoms with van der Waals surface area (Å²) in [6.07, 6.45) is 2.95. The number of thioether (sulfide) groups is 1. The maximum Gasteiger partial charge on any atom is 0.281 e. The molecule has 6 nitrogen and oxygen atoms in total. The van der Waals surface area contributed by atoms with E-state index >= 15 is 0 Å². The zero-order valence-electron chi connectivity index (χ0n) is 15.3. The van der Waals surface area contributed by atoms with Crippen molar-refractivity contribution < 1.29 is 9.72 Å². The maximum atomic E-state index is 12.8. The van der Waals surface area contributed by atoms with Crippen LogP contribution in [0.1, 0.15) is 22.8 Å². The van der Waals surface area contributed by atoms with E-state index in [-0.39, 0.29) is 16.3 Å². The summed E-state index contributed by atoms with van der Waals surface area (Å²) < 4.78 is 3.07. The van der Waals surface area contributed by atoms with Gasteiger partial charge in [0.2, 0.25) is 0 Å². The lowest BCUT2D eigenvalue weighted by molar-refractivity contribution is -0.384. The van der Waals surface area contributed by atoms with Gasteiger partial charge in [-0.25, -0.2) is 0 Å². The molecular formula is C19H18ClN3O3S2. The maximum absolute atomic E-state index is 12.8. The highest BCUT2D eigenvalue weighted by atomic mass is 35.5. The lowest BCUT2D eigenvalue weighted by Gasteiger charge is -2.04. The zero-order valence-corrected chi connectivity index (χ0v) is 17.7. The van der Waals surface area contributed by atoms with Gasteiger partial charge in [-0.1, -0.05) is 35.9 Å². The van der Waals surface area contributed by atoms with Crippen molar-refractivity contribution in [1.29, 1.82) is 0 Å². The van der Waals surface area contributed by atoms with Gasteiger partial charge < -0.3 is 4.57 Å². The van der Waals surface area contributed by atoms with Crippen molar-refractivity contribution in [2.24, 2.45) is 4.99 Å². The van der Waals surface area contributed by atoms with Crippen LogP contribution in [0.3, 0.4) is 0 Å². The average Bonchev–Trinajstić information content (AvgIpc) is 3.02. The minimum atomic E-state index is -0.589. The SMILES string of the molecule is CCc1ccc2c(c1)sc(=NC(=O)c1cc([N+](=O)[O-])ccc1Cl)n2CCSC. The molecule has 1 heterocycles. The second-order valence-electron chi connectivity index (χ2n) is 6.02. The molecule has 0 aliphatic carbocycles. The fourth-order valence-electron chi connectivity index (χ4n) is 2.76. The number of rotatable bonds is 6. The van der Waals surface area contributed by atoms with Crippen LogP contribution in [0.5, 0.6) is 0 Å². The molecule has 1 amide bonds. The molecule has 3 aromatic rings. The molecule has 3 rings (SSSR count). The van der Waals surface area contributed by atoms with Gasteiger partial charge in [0.25, 0.3) is 11.6 Å². The molecule has 28 heavy (non-hydrogen) atoms. The lowest BCUT2D eigenvalue weighted by Crippen LogP contribution is -2.18. The van der Waals surface area contributed by atoms with E-state index in [0.29, 0.717) is 11.3 Å². The van der Waals surface area contributed by atoms with Crippen LogP contribution in [0.25, 0.3) is 10.2 Å². The fraction of sp³-hybridized carbons (Fsp3) is 0.263. The van der Waals surface area contributed by atoms with E-state index in [9.17, 15) is 14.9 Å². The van der Waals surface area contributed by atoms with E-state index in [1.165, 1.54) is 35.1 Å². The van der Waals surface area contributed by atoms with Crippen LogP contribution in [0.15, 0.2) is 41.4 Å². The number of aromatic nitrogens is 1. The van der Waals surface area contributed by atoms with Crippen LogP contribution in [-0.4, -0.2) is 27.4 Å². The van der Waals surface area contributed by atoms with Crippen LogP contribution in [0.2, 0.25) is 5.02 Å². The molecule has 0 atom stereocenters. The number of aryl methyl sites for hydroxylation is 2. The van der Waals surface area contributed by atoms with Gasteiger partial charge in [0.05, 0.1) is 25.7 Å². The molecule has 2 aromatic carbocycles. The van der Waals surface area contributed by atoms with Crippen molar-refractivity contribution in [2.75, 3.05) is 12.0 Å². The van der Waals surface area contributed by atoms with E-state index in [2.05, 4.69) is 30.1 Å². The van der Waals surface area contributed by atoms with Crippen molar-refractivity contribution in [1.82, 2.24) is 4.57 Å². The average molecular weight is 436 g/mol. The molecule has 0 fully saturated rings. The number of carbonyl (C=O) groups is 1. The first kappa shape index (κ1) is 20.6. The summed E-state index contributed by atoms with van der Waals surface area (Å²) in [6.45, 7) is 2.80. The standard InChI is InChI=1S/C19H18ClN3O3S2/c1-3-12-4-7-16-17(10-12)28-19(22(16)8-9-27-2)21-18(24)14-11-13(23(25)26)5-6-15(14)20/h4-7,10-11H,3,8-9H2,1-2H3. The molecular weight excluding hydrogens is 418 g/mol. The molecule has 0 aliphatic heterocycles. The second kappa shape index (κ2) is 8.89. The molecule has 0 radical (unpaired) electrons. The van der Waals surface area contributed by atoms with Gasteiger partial charge >= 0.3 is 0 Å². The third-order valence-electron chi connectivity index (χ3n) is 4.26. The Balaban J connectivity index is 2.13. The summed E-state index contributed by atoms with van der Waals surface area (Å²) in [6, 6.07) is 10.0. The van der Waals surface area contributed by atoms with Crippen molar-refractivity contribution in [3.05, 3.63) is 67.5 Å². The van der Waals surface area contributed by atoms with Crippen LogP contribution in [-0.2, 0) is 13.0 Å². The van der Waals surface area contributed by atoms with E-state index in [4.69, 9.17) is 11.6 Å². The number of non-ortho nitro benzene ring substituents is 1. The predicted octanol–water partition coefficient (Wildman–Crippen LogP) is 4.93. The van der Waals surface area contributed by atoms with Crippen LogP contribution < -0.4 is 4.80 Å². The van der Waals surface area contributed by atoms with Crippen LogP contribution in [0, 0.1) is 10.1 Å². The predicted molar refractivity (Wildman–Crippen MR) is 116 cm³/mol. The number of hydrogen-bond acceptors (Lipinski definition) is 5. The summed E-state index contributed by atoms with van der Waals surface area (Å²) in [5.74, 6) is 0.286. The number of halogens is 1. The Labute approximate surface area is 175 Å². The van der Waals surface area contributed by atoms with Gasteiger partial charge in [-0.05, 0) is 36.4 Å². The van der Waals surface area contributed by atoms with Gasteiger partial charge in [0, 0.05) is 24.4 Å². The van der Waals surface area contributed by atoms with Gasteiger partial charge in [-0.15, -0.1) is 0 Å². The molecule has 146 valence electrons. The first-order chi connectivity index (χ1) is 13.4. The number of hydrogen-bond donors (Lipinski definition) is 0. The zero-order chi connectivity index (χ0) is 20.3. The van der Waals surface area contributed by atoms with Crippen molar-refractivity contribution in [3.8, 4) is 0 Å². The number of thiazole rings is 1. The van der Waals surface area contributed by atoms with Gasteiger partial charge in [-0.2, -0.15) is 16.8 Å². The molecule has 0 spiro atoms. The number of benzene rings is 2. The number of nitro benzene ring substituents is 1. The molecule has 0 N–H and O–H groups in total. The topological polar surface area (TPSA) is 77.5 Å². The Morgan fingerprint density at radius 3 is 2.79 bits per heavy atom. The van der Waals surface area contributed by atoms with E-state index in [0.717, 1.165) is 22.4 Å². The number of carbonyl (C=O) groups excluding carboxylic acids is 1. The first-order valence-corrected chi connectivity index (χ1v) is 11.2.